The molecule has 0 spiro atoms. The highest BCUT2D eigenvalue weighted by molar-refractivity contribution is 7.99. The van der Waals surface area contributed by atoms with Crippen molar-refractivity contribution in [1.82, 2.24) is 13.9 Å². The molecule has 3 aromatic heterocycles. The summed E-state index contributed by atoms with van der Waals surface area (Å²) in [6.07, 6.45) is 6.92. The lowest BCUT2D eigenvalue weighted by molar-refractivity contribution is 0.100. The van der Waals surface area contributed by atoms with Gasteiger partial charge in [0, 0.05) is 19.3 Å². The SMILES string of the molecule is NC(=O)c1cc(SN2CCCCC2)sc1NC(=O)c1cnn2ccccc12. The summed E-state index contributed by atoms with van der Waals surface area (Å²) in [7, 11) is 0. The fourth-order valence-electron chi connectivity index (χ4n) is 3.05. The summed E-state index contributed by atoms with van der Waals surface area (Å²) in [5, 5.41) is 7.49. The molecule has 140 valence electrons. The van der Waals surface area contributed by atoms with Gasteiger partial charge in [-0.15, -0.1) is 11.3 Å². The number of primary amides is 1. The number of anilines is 1. The number of carbonyl (C=O) groups is 2. The average Bonchev–Trinajstić information content (AvgIpc) is 3.26. The third-order valence-electron chi connectivity index (χ3n) is 4.41. The van der Waals surface area contributed by atoms with Gasteiger partial charge in [0.2, 0.25) is 0 Å². The molecule has 1 fully saturated rings. The van der Waals surface area contributed by atoms with Crippen LogP contribution in [0.15, 0.2) is 40.9 Å². The second-order valence-corrected chi connectivity index (χ2v) is 8.75. The summed E-state index contributed by atoms with van der Waals surface area (Å²) in [4.78, 5) is 24.6. The average molecular weight is 402 g/mol. The van der Waals surface area contributed by atoms with Crippen molar-refractivity contribution >= 4 is 45.6 Å². The molecule has 1 aliphatic heterocycles. The molecule has 0 aromatic carbocycles. The first-order chi connectivity index (χ1) is 13.1. The number of fused-ring (bicyclic) bond motifs is 1. The first kappa shape index (κ1) is 18.0. The van der Waals surface area contributed by atoms with Crippen LogP contribution in [0.3, 0.4) is 0 Å². The number of nitrogens with two attached hydrogens (primary N) is 1. The molecule has 0 saturated carbocycles. The predicted octanol–water partition coefficient (Wildman–Crippen LogP) is 3.24. The minimum absolute atomic E-state index is 0.310. The van der Waals surface area contributed by atoms with Crippen LogP contribution in [0.25, 0.3) is 5.52 Å². The second kappa shape index (κ2) is 7.71. The van der Waals surface area contributed by atoms with Gasteiger partial charge in [-0.1, -0.05) is 12.5 Å². The van der Waals surface area contributed by atoms with Crippen LogP contribution in [-0.2, 0) is 0 Å². The summed E-state index contributed by atoms with van der Waals surface area (Å²) in [5.74, 6) is -0.859. The molecule has 4 heterocycles. The first-order valence-corrected chi connectivity index (χ1v) is 10.3. The summed E-state index contributed by atoms with van der Waals surface area (Å²) in [6.45, 7) is 2.05. The van der Waals surface area contributed by atoms with Crippen LogP contribution >= 0.6 is 23.3 Å². The molecule has 0 aliphatic carbocycles. The Kier molecular flexibility index (Phi) is 5.15. The molecule has 2 amide bonds. The Morgan fingerprint density at radius 2 is 2.00 bits per heavy atom. The topological polar surface area (TPSA) is 92.7 Å². The summed E-state index contributed by atoms with van der Waals surface area (Å²) >= 11 is 2.99. The van der Waals surface area contributed by atoms with E-state index in [-0.39, 0.29) is 5.91 Å². The highest BCUT2D eigenvalue weighted by Gasteiger charge is 2.21. The maximum Gasteiger partial charge on any atom is 0.260 e. The van der Waals surface area contributed by atoms with E-state index in [9.17, 15) is 9.59 Å². The van der Waals surface area contributed by atoms with Crippen LogP contribution in [0.4, 0.5) is 5.00 Å². The number of hydrogen-bond donors (Lipinski definition) is 2. The molecule has 0 bridgehead atoms. The molecule has 0 atom stereocenters. The van der Waals surface area contributed by atoms with Crippen LogP contribution in [0, 0.1) is 0 Å². The molecule has 1 aliphatic rings. The molecule has 4 rings (SSSR count). The van der Waals surface area contributed by atoms with Gasteiger partial charge < -0.3 is 11.1 Å². The van der Waals surface area contributed by atoms with E-state index in [0.29, 0.717) is 21.6 Å². The number of pyridine rings is 1. The van der Waals surface area contributed by atoms with Gasteiger partial charge in [0.15, 0.2) is 0 Å². The third kappa shape index (κ3) is 3.85. The van der Waals surface area contributed by atoms with Crippen molar-refractivity contribution in [2.45, 2.75) is 23.5 Å². The van der Waals surface area contributed by atoms with Crippen molar-refractivity contribution in [2.75, 3.05) is 18.4 Å². The number of nitrogens with zero attached hydrogens (tertiary/aromatic N) is 3. The zero-order valence-corrected chi connectivity index (χ0v) is 16.2. The van der Waals surface area contributed by atoms with E-state index in [1.807, 2.05) is 18.2 Å². The highest BCUT2D eigenvalue weighted by Crippen LogP contribution is 2.37. The summed E-state index contributed by atoms with van der Waals surface area (Å²) < 4.78 is 4.87. The van der Waals surface area contributed by atoms with Gasteiger partial charge in [-0.3, -0.25) is 9.59 Å². The van der Waals surface area contributed by atoms with Crippen molar-refractivity contribution in [1.29, 1.82) is 0 Å². The van der Waals surface area contributed by atoms with Crippen molar-refractivity contribution in [3.63, 3.8) is 0 Å². The first-order valence-electron chi connectivity index (χ1n) is 8.72. The Balaban J connectivity index is 1.56. The van der Waals surface area contributed by atoms with E-state index < -0.39 is 5.91 Å². The number of carbonyl (C=O) groups excluding carboxylic acids is 2. The largest absolute Gasteiger partial charge is 0.366 e. The normalized spacial score (nSPS) is 15.1. The molecule has 3 N–H and O–H groups in total. The Morgan fingerprint density at radius 3 is 2.78 bits per heavy atom. The quantitative estimate of drug-likeness (QED) is 0.640. The van der Waals surface area contributed by atoms with E-state index in [4.69, 9.17) is 5.73 Å². The van der Waals surface area contributed by atoms with Crippen LogP contribution in [-0.4, -0.2) is 38.8 Å². The van der Waals surface area contributed by atoms with Crippen molar-refractivity contribution < 1.29 is 9.59 Å². The van der Waals surface area contributed by atoms with Gasteiger partial charge in [-0.25, -0.2) is 8.82 Å². The molecule has 27 heavy (non-hydrogen) atoms. The molecule has 9 heteroatoms. The van der Waals surface area contributed by atoms with Gasteiger partial charge >= 0.3 is 0 Å². The van der Waals surface area contributed by atoms with Gasteiger partial charge in [0.25, 0.3) is 11.8 Å². The van der Waals surface area contributed by atoms with Crippen LogP contribution in [0.2, 0.25) is 0 Å². The summed E-state index contributed by atoms with van der Waals surface area (Å²) in [6, 6.07) is 7.28. The van der Waals surface area contributed by atoms with Crippen LogP contribution in [0.1, 0.15) is 40.0 Å². The van der Waals surface area contributed by atoms with Gasteiger partial charge in [0.05, 0.1) is 27.0 Å². The Hall–Kier alpha value is -2.36. The molecule has 0 radical (unpaired) electrons. The fourth-order valence-corrected chi connectivity index (χ4v) is 5.42. The summed E-state index contributed by atoms with van der Waals surface area (Å²) in [5.41, 5.74) is 7.01. The molecular formula is C18H19N5O2S2. The minimum Gasteiger partial charge on any atom is -0.366 e. The van der Waals surface area contributed by atoms with Crippen molar-refractivity contribution in [3.8, 4) is 0 Å². The van der Waals surface area contributed by atoms with E-state index in [2.05, 4.69) is 14.7 Å². The Labute approximate surface area is 164 Å². The monoisotopic (exact) mass is 401 g/mol. The van der Waals surface area contributed by atoms with Gasteiger partial charge in [-0.2, -0.15) is 5.10 Å². The number of nitrogens with one attached hydrogen (secondary N) is 1. The van der Waals surface area contributed by atoms with E-state index in [1.54, 1.807) is 28.7 Å². The fraction of sp³-hybridized carbons (Fsp3) is 0.278. The minimum atomic E-state index is -0.549. The van der Waals surface area contributed by atoms with Crippen LogP contribution in [0.5, 0.6) is 0 Å². The van der Waals surface area contributed by atoms with Crippen LogP contribution < -0.4 is 11.1 Å². The lowest BCUT2D eigenvalue weighted by Gasteiger charge is -2.24. The second-order valence-electron chi connectivity index (χ2n) is 6.30. The van der Waals surface area contributed by atoms with E-state index in [0.717, 1.165) is 17.3 Å². The number of amides is 2. The van der Waals surface area contributed by atoms with Crippen molar-refractivity contribution in [2.24, 2.45) is 5.73 Å². The number of thiophene rings is 1. The predicted molar refractivity (Wildman–Crippen MR) is 107 cm³/mol. The maximum atomic E-state index is 12.7. The smallest absolute Gasteiger partial charge is 0.260 e. The van der Waals surface area contributed by atoms with E-state index in [1.165, 1.54) is 36.8 Å². The number of piperidine rings is 1. The lowest BCUT2D eigenvalue weighted by atomic mass is 10.2. The Morgan fingerprint density at radius 1 is 1.19 bits per heavy atom. The lowest BCUT2D eigenvalue weighted by Crippen LogP contribution is -2.22. The van der Waals surface area contributed by atoms with E-state index >= 15 is 0 Å². The molecule has 7 nitrogen and oxygen atoms in total. The molecule has 3 aromatic rings. The zero-order valence-electron chi connectivity index (χ0n) is 14.6. The number of hydrogen-bond acceptors (Lipinski definition) is 6. The highest BCUT2D eigenvalue weighted by atomic mass is 32.2. The molecular weight excluding hydrogens is 382 g/mol. The van der Waals surface area contributed by atoms with Gasteiger partial charge in [0.1, 0.15) is 5.00 Å². The standard InChI is InChI=1S/C18H19N5O2S2/c19-16(24)12-10-15(27-22-7-3-1-4-8-22)26-18(12)21-17(25)13-11-20-23-9-5-2-6-14(13)23/h2,5-6,9-11H,1,3-4,7-8H2,(H2,19,24)(H,21,25). The number of aromatic nitrogens is 2. The van der Waals surface area contributed by atoms with Crippen molar-refractivity contribution in [3.05, 3.63) is 47.8 Å². The Bertz CT molecular complexity index is 991. The molecule has 0 unspecified atom stereocenters. The number of rotatable bonds is 5. The maximum absolute atomic E-state index is 12.7. The zero-order chi connectivity index (χ0) is 18.8. The van der Waals surface area contributed by atoms with Gasteiger partial charge in [-0.05, 0) is 43.0 Å². The molecule has 1 saturated heterocycles. The third-order valence-corrected chi connectivity index (χ3v) is 6.65.